The van der Waals surface area contributed by atoms with Gasteiger partial charge in [0, 0.05) is 24.8 Å². The Labute approximate surface area is 180 Å². The molecule has 0 bridgehead atoms. The number of nitrogens with zero attached hydrogens (tertiary/aromatic N) is 4. The van der Waals surface area contributed by atoms with E-state index in [0.29, 0.717) is 43.8 Å². The molecule has 1 saturated heterocycles. The lowest BCUT2D eigenvalue weighted by atomic mass is 9.83. The minimum Gasteiger partial charge on any atom is -0.497 e. The van der Waals surface area contributed by atoms with Gasteiger partial charge in [-0.3, -0.25) is 9.89 Å². The average Bonchev–Trinajstić information content (AvgIpc) is 3.30. The first-order valence-corrected chi connectivity index (χ1v) is 10.5. The van der Waals surface area contributed by atoms with Gasteiger partial charge < -0.3 is 14.4 Å². The van der Waals surface area contributed by atoms with Gasteiger partial charge in [-0.15, -0.1) is 0 Å². The fourth-order valence-electron chi connectivity index (χ4n) is 4.57. The van der Waals surface area contributed by atoms with Crippen molar-refractivity contribution in [2.24, 2.45) is 0 Å². The predicted octanol–water partition coefficient (Wildman–Crippen LogP) is 2.89. The van der Waals surface area contributed by atoms with Gasteiger partial charge in [0.15, 0.2) is 0 Å². The number of ether oxygens (including phenoxy) is 2. The van der Waals surface area contributed by atoms with E-state index in [0.717, 1.165) is 34.8 Å². The number of aryl methyl sites for hydroxylation is 1. The van der Waals surface area contributed by atoms with E-state index in [2.05, 4.69) is 15.2 Å². The van der Waals surface area contributed by atoms with Gasteiger partial charge in [0.2, 0.25) is 0 Å². The van der Waals surface area contributed by atoms with Crippen LogP contribution in [0.25, 0.3) is 11.3 Å². The number of nitrogens with one attached hydrogen (secondary N) is 1. The molecule has 5 rings (SSSR count). The summed E-state index contributed by atoms with van der Waals surface area (Å²) in [7, 11) is 1.62. The summed E-state index contributed by atoms with van der Waals surface area (Å²) in [4.78, 5) is 24.3. The largest absolute Gasteiger partial charge is 0.497 e. The Morgan fingerprint density at radius 1 is 1.26 bits per heavy atom. The SMILES string of the molecule is COc1cccc(-c2[nH]ncc2C(=O)N2CCC3(CC2)OCCc2cnc(C)nc23)c1. The Kier molecular flexibility index (Phi) is 4.94. The van der Waals surface area contributed by atoms with E-state index in [1.54, 1.807) is 13.3 Å². The van der Waals surface area contributed by atoms with Crippen molar-refractivity contribution in [3.8, 4) is 17.0 Å². The summed E-state index contributed by atoms with van der Waals surface area (Å²) in [5, 5.41) is 7.11. The highest BCUT2D eigenvalue weighted by atomic mass is 16.5. The van der Waals surface area contributed by atoms with Crippen LogP contribution in [0.3, 0.4) is 0 Å². The van der Waals surface area contributed by atoms with Crippen molar-refractivity contribution in [3.05, 3.63) is 59.3 Å². The number of rotatable bonds is 3. The third-order valence-corrected chi connectivity index (χ3v) is 6.25. The smallest absolute Gasteiger partial charge is 0.257 e. The van der Waals surface area contributed by atoms with Crippen molar-refractivity contribution in [2.75, 3.05) is 26.8 Å². The highest BCUT2D eigenvalue weighted by Crippen LogP contribution is 2.40. The van der Waals surface area contributed by atoms with Crippen LogP contribution >= 0.6 is 0 Å². The van der Waals surface area contributed by atoms with Crippen LogP contribution in [0.5, 0.6) is 5.75 Å². The molecule has 0 aliphatic carbocycles. The van der Waals surface area contributed by atoms with Gasteiger partial charge in [0.1, 0.15) is 17.2 Å². The van der Waals surface area contributed by atoms with E-state index in [1.807, 2.05) is 42.3 Å². The predicted molar refractivity (Wildman–Crippen MR) is 114 cm³/mol. The highest BCUT2D eigenvalue weighted by molar-refractivity contribution is 5.99. The van der Waals surface area contributed by atoms with Crippen molar-refractivity contribution < 1.29 is 14.3 Å². The van der Waals surface area contributed by atoms with Crippen molar-refractivity contribution in [1.82, 2.24) is 25.1 Å². The number of carbonyl (C=O) groups is 1. The molecule has 2 aliphatic heterocycles. The molecule has 1 spiro atoms. The van der Waals surface area contributed by atoms with Crippen molar-refractivity contribution in [1.29, 1.82) is 0 Å². The lowest BCUT2D eigenvalue weighted by molar-refractivity contribution is -0.0968. The summed E-state index contributed by atoms with van der Waals surface area (Å²) in [5.74, 6) is 1.45. The minimum absolute atomic E-state index is 0.0312. The second kappa shape index (κ2) is 7.77. The van der Waals surface area contributed by atoms with Crippen LogP contribution in [0.1, 0.15) is 40.3 Å². The normalized spacial score (nSPS) is 17.4. The van der Waals surface area contributed by atoms with Crippen molar-refractivity contribution >= 4 is 5.91 Å². The van der Waals surface area contributed by atoms with Gasteiger partial charge >= 0.3 is 0 Å². The number of benzene rings is 1. The van der Waals surface area contributed by atoms with Crippen LogP contribution in [0.15, 0.2) is 36.7 Å². The van der Waals surface area contributed by atoms with Gasteiger partial charge in [0.05, 0.1) is 36.9 Å². The molecule has 0 radical (unpaired) electrons. The van der Waals surface area contributed by atoms with Gasteiger partial charge in [-0.05, 0) is 43.9 Å². The van der Waals surface area contributed by atoms with E-state index >= 15 is 0 Å². The molecule has 31 heavy (non-hydrogen) atoms. The summed E-state index contributed by atoms with van der Waals surface area (Å²) in [5.41, 5.74) is 3.86. The quantitative estimate of drug-likeness (QED) is 0.702. The zero-order valence-corrected chi connectivity index (χ0v) is 17.7. The molecule has 2 aromatic heterocycles. The Balaban J connectivity index is 1.37. The average molecular weight is 419 g/mol. The summed E-state index contributed by atoms with van der Waals surface area (Å²) >= 11 is 0. The fraction of sp³-hybridized carbons (Fsp3) is 0.391. The first-order valence-electron chi connectivity index (χ1n) is 10.5. The Hall–Kier alpha value is -3.26. The molecule has 2 aliphatic rings. The van der Waals surface area contributed by atoms with Gasteiger partial charge in [-0.25, -0.2) is 9.97 Å². The third kappa shape index (κ3) is 3.46. The second-order valence-electron chi connectivity index (χ2n) is 8.07. The molecule has 4 heterocycles. The standard InChI is InChI=1S/C23H25N5O3/c1-15-24-13-17-6-11-31-23(21(17)26-15)7-9-28(10-8-23)22(29)19-14-25-27-20(19)16-4-3-5-18(12-16)30-2/h3-5,12-14H,6-11H2,1-2H3,(H,25,27). The van der Waals surface area contributed by atoms with Crippen LogP contribution in [0.2, 0.25) is 0 Å². The van der Waals surface area contributed by atoms with Crippen molar-refractivity contribution in [2.45, 2.75) is 31.8 Å². The number of H-pyrrole nitrogens is 1. The van der Waals surface area contributed by atoms with Gasteiger partial charge in [0.25, 0.3) is 5.91 Å². The number of likely N-dealkylation sites (tertiary alicyclic amines) is 1. The second-order valence-corrected chi connectivity index (χ2v) is 8.07. The van der Waals surface area contributed by atoms with E-state index < -0.39 is 5.60 Å². The molecule has 0 saturated carbocycles. The molecule has 3 aromatic rings. The molecule has 1 amide bonds. The third-order valence-electron chi connectivity index (χ3n) is 6.25. The molecule has 1 aromatic carbocycles. The number of carbonyl (C=O) groups excluding carboxylic acids is 1. The summed E-state index contributed by atoms with van der Waals surface area (Å²) in [6.07, 6.45) is 5.79. The Morgan fingerprint density at radius 3 is 2.90 bits per heavy atom. The number of hydrogen-bond acceptors (Lipinski definition) is 6. The lowest BCUT2D eigenvalue weighted by Gasteiger charge is -2.44. The highest BCUT2D eigenvalue weighted by Gasteiger charge is 2.43. The molecule has 1 fully saturated rings. The Morgan fingerprint density at radius 2 is 2.10 bits per heavy atom. The number of hydrogen-bond donors (Lipinski definition) is 1. The molecule has 0 atom stereocenters. The number of aromatic nitrogens is 4. The van der Waals surface area contributed by atoms with Gasteiger partial charge in [-0.2, -0.15) is 5.10 Å². The van der Waals surface area contributed by atoms with Crippen LogP contribution in [0, 0.1) is 6.92 Å². The van der Waals surface area contributed by atoms with Crippen LogP contribution in [-0.4, -0.2) is 57.8 Å². The van der Waals surface area contributed by atoms with Crippen molar-refractivity contribution in [3.63, 3.8) is 0 Å². The van der Waals surface area contributed by atoms with Gasteiger partial charge in [-0.1, -0.05) is 12.1 Å². The summed E-state index contributed by atoms with van der Waals surface area (Å²) < 4.78 is 11.6. The molecular formula is C23H25N5O3. The zero-order valence-electron chi connectivity index (χ0n) is 17.7. The van der Waals surface area contributed by atoms with Crippen LogP contribution in [-0.2, 0) is 16.8 Å². The molecule has 160 valence electrons. The minimum atomic E-state index is -0.427. The molecule has 8 nitrogen and oxygen atoms in total. The Bertz CT molecular complexity index is 1120. The molecule has 0 unspecified atom stereocenters. The number of amides is 1. The maximum absolute atomic E-state index is 13.3. The van der Waals surface area contributed by atoms with E-state index in [1.165, 1.54) is 0 Å². The molecule has 8 heteroatoms. The molecule has 1 N–H and O–H groups in total. The van der Waals surface area contributed by atoms with E-state index in [4.69, 9.17) is 14.5 Å². The fourth-order valence-corrected chi connectivity index (χ4v) is 4.57. The first-order chi connectivity index (χ1) is 15.1. The summed E-state index contributed by atoms with van der Waals surface area (Å²) in [6, 6.07) is 7.60. The number of piperidine rings is 1. The van der Waals surface area contributed by atoms with Crippen LogP contribution < -0.4 is 4.74 Å². The van der Waals surface area contributed by atoms with E-state index in [9.17, 15) is 4.79 Å². The monoisotopic (exact) mass is 419 g/mol. The number of methoxy groups -OCH3 is 1. The maximum Gasteiger partial charge on any atom is 0.257 e. The topological polar surface area (TPSA) is 93.2 Å². The summed E-state index contributed by atoms with van der Waals surface area (Å²) in [6.45, 7) is 3.77. The number of fused-ring (bicyclic) bond motifs is 2. The maximum atomic E-state index is 13.3. The molecular weight excluding hydrogens is 394 g/mol. The first kappa shape index (κ1) is 19.7. The lowest BCUT2D eigenvalue weighted by Crippen LogP contribution is -2.49. The van der Waals surface area contributed by atoms with E-state index in [-0.39, 0.29) is 5.91 Å². The zero-order chi connectivity index (χ0) is 21.4. The number of aromatic amines is 1. The van der Waals surface area contributed by atoms with Crippen LogP contribution in [0.4, 0.5) is 0 Å².